The molecule has 1 heterocycles. The maximum absolute atomic E-state index is 5.70. The fourth-order valence-electron chi connectivity index (χ4n) is 2.32. The zero-order valence-corrected chi connectivity index (χ0v) is 6.79. The van der Waals surface area contributed by atoms with Gasteiger partial charge in [0.05, 0.1) is 0 Å². The lowest BCUT2D eigenvalue weighted by Gasteiger charge is -2.27. The van der Waals surface area contributed by atoms with Crippen LogP contribution in [0.4, 0.5) is 0 Å². The maximum Gasteiger partial charge on any atom is 0.00175 e. The number of hydrogen-bond acceptors (Lipinski definition) is 2. The van der Waals surface area contributed by atoms with Crippen molar-refractivity contribution in [3.05, 3.63) is 12.2 Å². The van der Waals surface area contributed by atoms with E-state index in [2.05, 4.69) is 17.5 Å². The molecule has 0 amide bonds. The third-order valence-electron chi connectivity index (χ3n) is 3.04. The van der Waals surface area contributed by atoms with Gasteiger partial charge in [-0.25, -0.2) is 0 Å². The lowest BCUT2D eigenvalue weighted by Crippen LogP contribution is -2.30. The van der Waals surface area contributed by atoms with Crippen LogP contribution < -0.4 is 11.1 Å². The third kappa shape index (κ3) is 1.21. The van der Waals surface area contributed by atoms with Gasteiger partial charge >= 0.3 is 0 Å². The molecular weight excluding hydrogens is 136 g/mol. The van der Waals surface area contributed by atoms with Crippen LogP contribution in [0.2, 0.25) is 0 Å². The van der Waals surface area contributed by atoms with Crippen molar-refractivity contribution in [3.8, 4) is 0 Å². The summed E-state index contributed by atoms with van der Waals surface area (Å²) in [5.41, 5.74) is 5.70. The Morgan fingerprint density at radius 1 is 1.45 bits per heavy atom. The highest BCUT2D eigenvalue weighted by Gasteiger charge is 2.32. The van der Waals surface area contributed by atoms with Crippen LogP contribution in [0.3, 0.4) is 0 Å². The molecule has 0 saturated carbocycles. The van der Waals surface area contributed by atoms with E-state index in [1.54, 1.807) is 0 Å². The summed E-state index contributed by atoms with van der Waals surface area (Å²) in [5.74, 6) is 2.34. The summed E-state index contributed by atoms with van der Waals surface area (Å²) in [6.07, 6.45) is 5.85. The Hall–Kier alpha value is -0.340. The highest BCUT2D eigenvalue weighted by Crippen LogP contribution is 2.31. The van der Waals surface area contributed by atoms with E-state index in [0.717, 1.165) is 30.8 Å². The molecule has 1 fully saturated rings. The molecule has 0 bridgehead atoms. The molecule has 0 aromatic rings. The summed E-state index contributed by atoms with van der Waals surface area (Å²) in [5, 5.41) is 3.42. The van der Waals surface area contributed by atoms with E-state index in [9.17, 15) is 0 Å². The quantitative estimate of drug-likeness (QED) is 0.532. The van der Waals surface area contributed by atoms with Crippen LogP contribution in [0.15, 0.2) is 12.2 Å². The van der Waals surface area contributed by atoms with Gasteiger partial charge in [-0.05, 0) is 37.3 Å². The third-order valence-corrected chi connectivity index (χ3v) is 3.04. The van der Waals surface area contributed by atoms with Crippen molar-refractivity contribution in [1.82, 2.24) is 5.32 Å². The summed E-state index contributed by atoms with van der Waals surface area (Å²) in [4.78, 5) is 0. The van der Waals surface area contributed by atoms with Gasteiger partial charge in [0.25, 0.3) is 0 Å². The second-order valence-electron chi connectivity index (χ2n) is 3.65. The summed E-state index contributed by atoms with van der Waals surface area (Å²) in [6, 6.07) is 0. The molecule has 3 unspecified atom stereocenters. The molecule has 1 saturated heterocycles. The zero-order valence-electron chi connectivity index (χ0n) is 6.79. The van der Waals surface area contributed by atoms with Crippen molar-refractivity contribution in [3.63, 3.8) is 0 Å². The van der Waals surface area contributed by atoms with Crippen LogP contribution in [0.1, 0.15) is 6.42 Å². The van der Waals surface area contributed by atoms with Gasteiger partial charge in [-0.2, -0.15) is 0 Å². The first-order chi connectivity index (χ1) is 5.42. The number of rotatable bonds is 1. The molecule has 1 aliphatic carbocycles. The molecular formula is C9H16N2. The van der Waals surface area contributed by atoms with Crippen molar-refractivity contribution in [2.45, 2.75) is 6.42 Å². The molecule has 1 aliphatic heterocycles. The summed E-state index contributed by atoms with van der Waals surface area (Å²) < 4.78 is 0. The van der Waals surface area contributed by atoms with Gasteiger partial charge in [-0.15, -0.1) is 0 Å². The first-order valence-corrected chi connectivity index (χ1v) is 4.49. The Labute approximate surface area is 67.8 Å². The van der Waals surface area contributed by atoms with Crippen LogP contribution in [0.5, 0.6) is 0 Å². The van der Waals surface area contributed by atoms with Gasteiger partial charge < -0.3 is 11.1 Å². The molecule has 0 radical (unpaired) electrons. The molecule has 0 spiro atoms. The number of hydrogen-bond donors (Lipinski definition) is 2. The fourth-order valence-corrected chi connectivity index (χ4v) is 2.32. The second kappa shape index (κ2) is 2.95. The Kier molecular flexibility index (Phi) is 1.96. The van der Waals surface area contributed by atoms with Gasteiger partial charge in [0, 0.05) is 6.54 Å². The summed E-state index contributed by atoms with van der Waals surface area (Å²) in [6.45, 7) is 3.20. The van der Waals surface area contributed by atoms with Gasteiger partial charge in [-0.1, -0.05) is 12.2 Å². The maximum atomic E-state index is 5.70. The highest BCUT2D eigenvalue weighted by molar-refractivity contribution is 5.04. The number of nitrogens with one attached hydrogen (secondary N) is 1. The largest absolute Gasteiger partial charge is 0.330 e. The minimum Gasteiger partial charge on any atom is -0.330 e. The van der Waals surface area contributed by atoms with Crippen LogP contribution in [-0.2, 0) is 0 Å². The Balaban J connectivity index is 2.09. The standard InChI is InChI=1S/C9H16N2/c10-4-7-2-1-3-8-5-11-6-9(7)8/h1,3,7-9,11H,2,4-6,10H2. The number of fused-ring (bicyclic) bond motifs is 1. The van der Waals surface area contributed by atoms with Gasteiger partial charge in [-0.3, -0.25) is 0 Å². The molecule has 11 heavy (non-hydrogen) atoms. The SMILES string of the molecule is NCC1CC=CC2CNCC21. The Morgan fingerprint density at radius 2 is 2.36 bits per heavy atom. The fraction of sp³-hybridized carbons (Fsp3) is 0.778. The second-order valence-corrected chi connectivity index (χ2v) is 3.65. The van der Waals surface area contributed by atoms with E-state index in [1.165, 1.54) is 13.0 Å². The van der Waals surface area contributed by atoms with Gasteiger partial charge in [0.15, 0.2) is 0 Å². The predicted octanol–water partition coefficient (Wildman–Crippen LogP) is 0.357. The van der Waals surface area contributed by atoms with Crippen molar-refractivity contribution in [2.75, 3.05) is 19.6 Å². The minimum atomic E-state index is 0.736. The molecule has 2 nitrogen and oxygen atoms in total. The lowest BCUT2D eigenvalue weighted by atomic mass is 9.78. The smallest absolute Gasteiger partial charge is 0.00175 e. The van der Waals surface area contributed by atoms with E-state index in [0.29, 0.717) is 0 Å². The average molecular weight is 152 g/mol. The molecule has 0 aromatic carbocycles. The van der Waals surface area contributed by atoms with Crippen LogP contribution in [0, 0.1) is 17.8 Å². The van der Waals surface area contributed by atoms with E-state index in [4.69, 9.17) is 5.73 Å². The molecule has 2 rings (SSSR count). The molecule has 3 atom stereocenters. The first kappa shape index (κ1) is 7.32. The number of nitrogens with two attached hydrogens (primary N) is 1. The van der Waals surface area contributed by atoms with Crippen LogP contribution in [-0.4, -0.2) is 19.6 Å². The Morgan fingerprint density at radius 3 is 3.18 bits per heavy atom. The van der Waals surface area contributed by atoms with E-state index >= 15 is 0 Å². The van der Waals surface area contributed by atoms with E-state index in [-0.39, 0.29) is 0 Å². The minimum absolute atomic E-state index is 0.736. The molecule has 3 N–H and O–H groups in total. The van der Waals surface area contributed by atoms with Crippen LogP contribution >= 0.6 is 0 Å². The van der Waals surface area contributed by atoms with Crippen molar-refractivity contribution in [1.29, 1.82) is 0 Å². The predicted molar refractivity (Wildman–Crippen MR) is 46.2 cm³/mol. The average Bonchev–Trinajstić information content (AvgIpc) is 2.50. The van der Waals surface area contributed by atoms with Gasteiger partial charge in [0.2, 0.25) is 0 Å². The first-order valence-electron chi connectivity index (χ1n) is 4.49. The van der Waals surface area contributed by atoms with E-state index in [1.807, 2.05) is 0 Å². The topological polar surface area (TPSA) is 38.0 Å². The van der Waals surface area contributed by atoms with E-state index < -0.39 is 0 Å². The molecule has 62 valence electrons. The lowest BCUT2D eigenvalue weighted by molar-refractivity contribution is 0.308. The van der Waals surface area contributed by atoms with Crippen LogP contribution in [0.25, 0.3) is 0 Å². The van der Waals surface area contributed by atoms with Gasteiger partial charge in [0.1, 0.15) is 0 Å². The van der Waals surface area contributed by atoms with Crippen molar-refractivity contribution >= 4 is 0 Å². The molecule has 2 aliphatic rings. The normalized spacial score (nSPS) is 42.5. The number of allylic oxidation sites excluding steroid dienone is 1. The molecule has 0 aromatic heterocycles. The summed E-state index contributed by atoms with van der Waals surface area (Å²) in [7, 11) is 0. The van der Waals surface area contributed by atoms with Crippen molar-refractivity contribution < 1.29 is 0 Å². The van der Waals surface area contributed by atoms with Crippen molar-refractivity contribution in [2.24, 2.45) is 23.5 Å². The Bertz CT molecular complexity index is 165. The highest BCUT2D eigenvalue weighted by atomic mass is 14.9. The zero-order chi connectivity index (χ0) is 7.68. The molecule has 2 heteroatoms. The monoisotopic (exact) mass is 152 g/mol. The summed E-state index contributed by atoms with van der Waals surface area (Å²) >= 11 is 0.